The van der Waals surface area contributed by atoms with E-state index in [9.17, 15) is 0 Å². The fourth-order valence-corrected chi connectivity index (χ4v) is 1.03. The Balaban J connectivity index is 2.40. The Morgan fingerprint density at radius 3 is 3.00 bits per heavy atom. The summed E-state index contributed by atoms with van der Waals surface area (Å²) < 4.78 is 5.12. The van der Waals surface area contributed by atoms with Crippen LogP contribution >= 0.6 is 0 Å². The lowest BCUT2D eigenvalue weighted by atomic mass is 9.98. The van der Waals surface area contributed by atoms with E-state index in [4.69, 9.17) is 4.74 Å². The molecule has 0 saturated heterocycles. The van der Waals surface area contributed by atoms with Crippen LogP contribution in [-0.4, -0.2) is 6.61 Å². The van der Waals surface area contributed by atoms with Crippen LogP contribution in [-0.2, 0) is 4.74 Å². The molecule has 0 aromatic carbocycles. The van der Waals surface area contributed by atoms with E-state index in [1.165, 1.54) is 12.0 Å². The van der Waals surface area contributed by atoms with Gasteiger partial charge in [0, 0.05) is 6.42 Å². The monoisotopic (exact) mass is 126 g/mol. The van der Waals surface area contributed by atoms with Crippen molar-refractivity contribution in [1.82, 2.24) is 0 Å². The Labute approximate surface area is 56.7 Å². The van der Waals surface area contributed by atoms with Crippen molar-refractivity contribution in [2.75, 3.05) is 6.61 Å². The van der Waals surface area contributed by atoms with Crippen molar-refractivity contribution in [3.63, 3.8) is 0 Å². The number of ether oxygens (including phenoxy) is 1. The van der Waals surface area contributed by atoms with Gasteiger partial charge in [0.1, 0.15) is 0 Å². The van der Waals surface area contributed by atoms with Crippen molar-refractivity contribution < 1.29 is 4.74 Å². The molecule has 0 aliphatic carbocycles. The Kier molecular flexibility index (Phi) is 2.15. The van der Waals surface area contributed by atoms with Crippen LogP contribution in [0.15, 0.2) is 11.8 Å². The van der Waals surface area contributed by atoms with E-state index in [0.29, 0.717) is 0 Å². The van der Waals surface area contributed by atoms with Crippen LogP contribution in [0.2, 0.25) is 0 Å². The van der Waals surface area contributed by atoms with Crippen molar-refractivity contribution in [3.05, 3.63) is 11.8 Å². The van der Waals surface area contributed by atoms with E-state index < -0.39 is 0 Å². The summed E-state index contributed by atoms with van der Waals surface area (Å²) in [5.41, 5.74) is 1.48. The maximum Gasteiger partial charge on any atom is 0.0911 e. The molecule has 0 fully saturated rings. The van der Waals surface area contributed by atoms with E-state index in [0.717, 1.165) is 18.9 Å². The van der Waals surface area contributed by atoms with Gasteiger partial charge in [-0.25, -0.2) is 0 Å². The molecule has 52 valence electrons. The van der Waals surface area contributed by atoms with Crippen LogP contribution in [0.25, 0.3) is 0 Å². The molecule has 0 spiro atoms. The minimum Gasteiger partial charge on any atom is -0.501 e. The summed E-state index contributed by atoms with van der Waals surface area (Å²) in [6, 6.07) is 0. The highest BCUT2D eigenvalue weighted by Gasteiger charge is 2.10. The van der Waals surface area contributed by atoms with Gasteiger partial charge in [-0.15, -0.1) is 0 Å². The quantitative estimate of drug-likeness (QED) is 0.551. The van der Waals surface area contributed by atoms with Crippen LogP contribution in [0, 0.1) is 5.92 Å². The lowest BCUT2D eigenvalue weighted by Crippen LogP contribution is -1.94. The zero-order valence-electron chi connectivity index (χ0n) is 6.18. The van der Waals surface area contributed by atoms with E-state index in [1.54, 1.807) is 0 Å². The molecule has 0 amide bonds. The van der Waals surface area contributed by atoms with Gasteiger partial charge in [0.15, 0.2) is 0 Å². The molecule has 9 heavy (non-hydrogen) atoms. The van der Waals surface area contributed by atoms with E-state index >= 15 is 0 Å². The van der Waals surface area contributed by atoms with Crippen LogP contribution in [0.4, 0.5) is 0 Å². The summed E-state index contributed by atoms with van der Waals surface area (Å²) in [5, 5.41) is 0. The molecule has 0 N–H and O–H groups in total. The molecule has 0 unspecified atom stereocenters. The van der Waals surface area contributed by atoms with Gasteiger partial charge in [-0.2, -0.15) is 0 Å². The van der Waals surface area contributed by atoms with Crippen LogP contribution < -0.4 is 0 Å². The second kappa shape index (κ2) is 2.90. The third-order valence-corrected chi connectivity index (χ3v) is 1.99. The molecule has 1 rings (SSSR count). The van der Waals surface area contributed by atoms with Gasteiger partial charge in [0.2, 0.25) is 0 Å². The molecule has 0 radical (unpaired) electrons. The Hall–Kier alpha value is -0.460. The van der Waals surface area contributed by atoms with Gasteiger partial charge in [0.05, 0.1) is 12.9 Å². The lowest BCUT2D eigenvalue weighted by Gasteiger charge is -2.05. The average Bonchev–Trinajstić information content (AvgIpc) is 2.37. The van der Waals surface area contributed by atoms with Crippen LogP contribution in [0.1, 0.15) is 26.7 Å². The Morgan fingerprint density at radius 1 is 1.78 bits per heavy atom. The summed E-state index contributed by atoms with van der Waals surface area (Å²) in [7, 11) is 0. The first-order chi connectivity index (χ1) is 4.34. The molecule has 1 heteroatoms. The normalized spacial score (nSPS) is 20.9. The Morgan fingerprint density at radius 2 is 2.56 bits per heavy atom. The summed E-state index contributed by atoms with van der Waals surface area (Å²) >= 11 is 0. The molecule has 0 aromatic rings. The highest BCUT2D eigenvalue weighted by Crippen LogP contribution is 2.21. The smallest absolute Gasteiger partial charge is 0.0911 e. The molecular formula is C8H14O. The largest absolute Gasteiger partial charge is 0.501 e. The number of hydrogen-bond acceptors (Lipinski definition) is 1. The standard InChI is InChI=1S/C8H14O/c1-3-7(2)8-4-5-9-6-8/h6-7H,3-5H2,1-2H3/t7-/m0/s1. The summed E-state index contributed by atoms with van der Waals surface area (Å²) in [6.45, 7) is 5.37. The molecule has 1 aliphatic heterocycles. The fraction of sp³-hybridized carbons (Fsp3) is 0.750. The first-order valence-corrected chi connectivity index (χ1v) is 3.65. The maximum absolute atomic E-state index is 5.12. The summed E-state index contributed by atoms with van der Waals surface area (Å²) in [6.07, 6.45) is 4.30. The maximum atomic E-state index is 5.12. The van der Waals surface area contributed by atoms with Crippen molar-refractivity contribution in [2.24, 2.45) is 5.92 Å². The Bertz CT molecular complexity index is 116. The van der Waals surface area contributed by atoms with Crippen LogP contribution in [0.5, 0.6) is 0 Å². The third-order valence-electron chi connectivity index (χ3n) is 1.99. The van der Waals surface area contributed by atoms with Crippen molar-refractivity contribution >= 4 is 0 Å². The van der Waals surface area contributed by atoms with Crippen molar-refractivity contribution in [1.29, 1.82) is 0 Å². The van der Waals surface area contributed by atoms with Crippen molar-refractivity contribution in [2.45, 2.75) is 26.7 Å². The highest BCUT2D eigenvalue weighted by molar-refractivity contribution is 5.05. The molecular weight excluding hydrogens is 112 g/mol. The number of rotatable bonds is 2. The third kappa shape index (κ3) is 1.47. The molecule has 1 heterocycles. The van der Waals surface area contributed by atoms with Gasteiger partial charge in [0.25, 0.3) is 0 Å². The molecule has 1 aliphatic rings. The van der Waals surface area contributed by atoms with Gasteiger partial charge in [-0.05, 0) is 17.9 Å². The first-order valence-electron chi connectivity index (χ1n) is 3.65. The predicted octanol–water partition coefficient (Wildman–Crippen LogP) is 2.34. The van der Waals surface area contributed by atoms with E-state index in [1.807, 2.05) is 6.26 Å². The first kappa shape index (κ1) is 6.66. The predicted molar refractivity (Wildman–Crippen MR) is 38.1 cm³/mol. The topological polar surface area (TPSA) is 9.23 Å². The second-order valence-electron chi connectivity index (χ2n) is 2.62. The average molecular weight is 126 g/mol. The second-order valence-corrected chi connectivity index (χ2v) is 2.62. The fourth-order valence-electron chi connectivity index (χ4n) is 1.03. The summed E-state index contributed by atoms with van der Waals surface area (Å²) in [5.74, 6) is 0.729. The van der Waals surface area contributed by atoms with Gasteiger partial charge < -0.3 is 4.74 Å². The van der Waals surface area contributed by atoms with Gasteiger partial charge in [-0.1, -0.05) is 13.8 Å². The van der Waals surface area contributed by atoms with Gasteiger partial charge >= 0.3 is 0 Å². The lowest BCUT2D eigenvalue weighted by molar-refractivity contribution is 0.281. The number of hydrogen-bond donors (Lipinski definition) is 0. The molecule has 0 aromatic heterocycles. The molecule has 0 bridgehead atoms. The van der Waals surface area contributed by atoms with Gasteiger partial charge in [-0.3, -0.25) is 0 Å². The van der Waals surface area contributed by atoms with E-state index in [-0.39, 0.29) is 0 Å². The zero-order chi connectivity index (χ0) is 6.69. The van der Waals surface area contributed by atoms with Crippen molar-refractivity contribution in [3.8, 4) is 0 Å². The molecule has 1 atom stereocenters. The molecule has 0 saturated carbocycles. The summed E-state index contributed by atoms with van der Waals surface area (Å²) in [4.78, 5) is 0. The zero-order valence-corrected chi connectivity index (χ0v) is 6.18. The van der Waals surface area contributed by atoms with Crippen LogP contribution in [0.3, 0.4) is 0 Å². The van der Waals surface area contributed by atoms with E-state index in [2.05, 4.69) is 13.8 Å². The molecule has 1 nitrogen and oxygen atoms in total. The minimum atomic E-state index is 0.729. The minimum absolute atomic E-state index is 0.729. The SMILES string of the molecule is CC[C@H](C)C1=COCC1. The highest BCUT2D eigenvalue weighted by atomic mass is 16.5.